The number of amides is 1. The Hall–Kier alpha value is -3.36. The van der Waals surface area contributed by atoms with Crippen molar-refractivity contribution >= 4 is 22.5 Å². The molecule has 0 spiro atoms. The average molecular weight is 417 g/mol. The van der Waals surface area contributed by atoms with E-state index in [-0.39, 0.29) is 30.2 Å². The van der Waals surface area contributed by atoms with Crippen molar-refractivity contribution in [1.82, 2.24) is 9.55 Å². The molecule has 2 heterocycles. The van der Waals surface area contributed by atoms with Gasteiger partial charge in [0.05, 0.1) is 17.2 Å². The third kappa shape index (κ3) is 4.14. The minimum atomic E-state index is -4.76. The molecule has 0 saturated heterocycles. The molecular weight excluding hydrogens is 399 g/mol. The second kappa shape index (κ2) is 7.81. The van der Waals surface area contributed by atoms with Gasteiger partial charge in [0.25, 0.3) is 5.56 Å². The van der Waals surface area contributed by atoms with Gasteiger partial charge in [0, 0.05) is 25.2 Å². The highest BCUT2D eigenvalue weighted by atomic mass is 19.4. The van der Waals surface area contributed by atoms with Crippen molar-refractivity contribution in [2.24, 2.45) is 0 Å². The van der Waals surface area contributed by atoms with Crippen LogP contribution in [0.15, 0.2) is 53.6 Å². The molecule has 3 aromatic rings. The van der Waals surface area contributed by atoms with Gasteiger partial charge in [0.1, 0.15) is 5.75 Å². The van der Waals surface area contributed by atoms with Crippen molar-refractivity contribution in [2.75, 3.05) is 11.4 Å². The highest BCUT2D eigenvalue weighted by molar-refractivity contribution is 5.94. The lowest BCUT2D eigenvalue weighted by Gasteiger charge is -2.30. The normalized spacial score (nSPS) is 13.9. The van der Waals surface area contributed by atoms with E-state index in [0.29, 0.717) is 41.5 Å². The number of carbonyl (C=O) groups is 1. The molecule has 0 radical (unpaired) electrons. The fourth-order valence-electron chi connectivity index (χ4n) is 3.65. The predicted molar refractivity (Wildman–Crippen MR) is 104 cm³/mol. The van der Waals surface area contributed by atoms with Crippen LogP contribution in [0.1, 0.15) is 18.4 Å². The number of para-hydroxylation sites is 1. The van der Waals surface area contributed by atoms with Gasteiger partial charge < -0.3 is 9.64 Å². The number of hydrogen-bond acceptors (Lipinski definition) is 4. The van der Waals surface area contributed by atoms with E-state index in [4.69, 9.17) is 0 Å². The summed E-state index contributed by atoms with van der Waals surface area (Å²) >= 11 is 0. The van der Waals surface area contributed by atoms with Crippen LogP contribution in [0.25, 0.3) is 10.9 Å². The highest BCUT2D eigenvalue weighted by Gasteiger charge is 2.32. The number of halogens is 3. The van der Waals surface area contributed by atoms with Gasteiger partial charge in [-0.3, -0.25) is 14.2 Å². The Balaban J connectivity index is 1.50. The molecule has 1 aliphatic rings. The lowest BCUT2D eigenvalue weighted by molar-refractivity contribution is -0.274. The average Bonchev–Trinajstić information content (AvgIpc) is 2.71. The summed E-state index contributed by atoms with van der Waals surface area (Å²) in [7, 11) is 0. The molecule has 0 saturated carbocycles. The first-order valence-electron chi connectivity index (χ1n) is 9.45. The molecule has 0 aliphatic carbocycles. The number of alkyl halides is 3. The number of aromatic nitrogens is 2. The van der Waals surface area contributed by atoms with Gasteiger partial charge in [0.2, 0.25) is 5.91 Å². The van der Waals surface area contributed by atoms with Crippen molar-refractivity contribution in [2.45, 2.75) is 32.2 Å². The molecule has 0 bridgehead atoms. The van der Waals surface area contributed by atoms with Gasteiger partial charge in [-0.15, -0.1) is 13.2 Å². The molecular formula is C21H18F3N3O3. The first-order chi connectivity index (χ1) is 14.3. The fourth-order valence-corrected chi connectivity index (χ4v) is 3.65. The Kier molecular flexibility index (Phi) is 5.19. The summed E-state index contributed by atoms with van der Waals surface area (Å²) < 4.78 is 42.7. The molecule has 2 aromatic carbocycles. The Bertz CT molecular complexity index is 1160. The first kappa shape index (κ1) is 19.9. The van der Waals surface area contributed by atoms with Crippen LogP contribution >= 0.6 is 0 Å². The zero-order valence-electron chi connectivity index (χ0n) is 15.9. The van der Waals surface area contributed by atoms with Crippen LogP contribution in [0, 0.1) is 0 Å². The summed E-state index contributed by atoms with van der Waals surface area (Å²) in [4.78, 5) is 31.2. The minimum Gasteiger partial charge on any atom is -0.406 e. The van der Waals surface area contributed by atoms with Crippen LogP contribution in [0.5, 0.6) is 5.75 Å². The summed E-state index contributed by atoms with van der Waals surface area (Å²) in [6.45, 7) is 0.632. The van der Waals surface area contributed by atoms with Crippen LogP contribution < -0.4 is 15.2 Å². The number of fused-ring (bicyclic) bond motifs is 2. The van der Waals surface area contributed by atoms with E-state index in [1.807, 2.05) is 0 Å². The molecule has 0 N–H and O–H groups in total. The molecule has 1 amide bonds. The minimum absolute atomic E-state index is 0.0696. The van der Waals surface area contributed by atoms with Gasteiger partial charge in [-0.2, -0.15) is 0 Å². The number of nitrogens with zero attached hydrogens (tertiary/aromatic N) is 3. The van der Waals surface area contributed by atoms with Gasteiger partial charge in [-0.05, 0) is 48.7 Å². The lowest BCUT2D eigenvalue weighted by Crippen LogP contribution is -2.36. The Morgan fingerprint density at radius 1 is 1.17 bits per heavy atom. The topological polar surface area (TPSA) is 64.4 Å². The lowest BCUT2D eigenvalue weighted by atomic mass is 10.0. The van der Waals surface area contributed by atoms with E-state index >= 15 is 0 Å². The fraction of sp³-hybridized carbons (Fsp3) is 0.286. The van der Waals surface area contributed by atoms with E-state index in [1.54, 1.807) is 29.2 Å². The highest BCUT2D eigenvalue weighted by Crippen LogP contribution is 2.33. The summed E-state index contributed by atoms with van der Waals surface area (Å²) in [5.74, 6) is -0.509. The smallest absolute Gasteiger partial charge is 0.406 e. The molecule has 30 heavy (non-hydrogen) atoms. The molecule has 0 atom stereocenters. The van der Waals surface area contributed by atoms with E-state index in [2.05, 4.69) is 9.72 Å². The van der Waals surface area contributed by atoms with E-state index in [9.17, 15) is 22.8 Å². The summed E-state index contributed by atoms with van der Waals surface area (Å²) in [5, 5.41) is 0.480. The third-order valence-electron chi connectivity index (χ3n) is 5.00. The number of aryl methyl sites for hydroxylation is 2. The number of benzene rings is 2. The Labute approximate surface area is 169 Å². The number of anilines is 1. The van der Waals surface area contributed by atoms with Crippen LogP contribution in [-0.2, 0) is 17.8 Å². The molecule has 0 fully saturated rings. The van der Waals surface area contributed by atoms with Crippen LogP contribution in [0.3, 0.4) is 0 Å². The van der Waals surface area contributed by atoms with Crippen molar-refractivity contribution in [3.63, 3.8) is 0 Å². The van der Waals surface area contributed by atoms with Crippen molar-refractivity contribution < 1.29 is 22.7 Å². The second-order valence-corrected chi connectivity index (χ2v) is 7.00. The van der Waals surface area contributed by atoms with Crippen LogP contribution in [0.2, 0.25) is 0 Å². The van der Waals surface area contributed by atoms with Gasteiger partial charge in [-0.1, -0.05) is 12.1 Å². The Morgan fingerprint density at radius 3 is 2.77 bits per heavy atom. The molecule has 156 valence electrons. The number of ether oxygens (including phenoxy) is 1. The maximum absolute atomic E-state index is 12.8. The number of carbonyl (C=O) groups excluding carboxylic acids is 1. The summed E-state index contributed by atoms with van der Waals surface area (Å²) in [6, 6.07) is 11.0. The number of rotatable bonds is 4. The number of hydrogen-bond donors (Lipinski definition) is 0. The van der Waals surface area contributed by atoms with Crippen molar-refractivity contribution in [3.8, 4) is 5.75 Å². The molecule has 1 aliphatic heterocycles. The van der Waals surface area contributed by atoms with Gasteiger partial charge >= 0.3 is 6.36 Å². The molecule has 6 nitrogen and oxygen atoms in total. The first-order valence-corrected chi connectivity index (χ1v) is 9.45. The summed E-state index contributed by atoms with van der Waals surface area (Å²) in [6.07, 6.45) is -2.09. The zero-order valence-corrected chi connectivity index (χ0v) is 15.9. The van der Waals surface area contributed by atoms with Crippen LogP contribution in [0.4, 0.5) is 18.9 Å². The van der Waals surface area contributed by atoms with Gasteiger partial charge in [0.15, 0.2) is 0 Å². The molecule has 9 heteroatoms. The standard InChI is InChI=1S/C21H18F3N3O3/c22-21(23,24)30-15-7-8-18-14(12-15)4-3-10-27(18)19(28)9-11-26-13-25-17-6-2-1-5-16(17)20(26)29/h1-2,5-8,12-13H,3-4,9-11H2. The second-order valence-electron chi connectivity index (χ2n) is 7.00. The maximum Gasteiger partial charge on any atom is 0.573 e. The zero-order chi connectivity index (χ0) is 21.3. The van der Waals surface area contributed by atoms with Gasteiger partial charge in [-0.25, -0.2) is 4.98 Å². The predicted octanol–water partition coefficient (Wildman–Crippen LogP) is 3.66. The monoisotopic (exact) mass is 417 g/mol. The summed E-state index contributed by atoms with van der Waals surface area (Å²) in [5.41, 5.74) is 1.57. The van der Waals surface area contributed by atoms with E-state index < -0.39 is 6.36 Å². The van der Waals surface area contributed by atoms with Crippen molar-refractivity contribution in [1.29, 1.82) is 0 Å². The third-order valence-corrected chi connectivity index (χ3v) is 5.00. The Morgan fingerprint density at radius 2 is 1.97 bits per heavy atom. The molecule has 0 unspecified atom stereocenters. The van der Waals surface area contributed by atoms with E-state index in [0.717, 1.165) is 0 Å². The van der Waals surface area contributed by atoms with Crippen molar-refractivity contribution in [3.05, 3.63) is 64.7 Å². The largest absolute Gasteiger partial charge is 0.573 e. The molecule has 4 rings (SSSR count). The maximum atomic E-state index is 12.8. The van der Waals surface area contributed by atoms with E-state index in [1.165, 1.54) is 29.1 Å². The molecule has 1 aromatic heterocycles. The quantitative estimate of drug-likeness (QED) is 0.650. The van der Waals surface area contributed by atoms with Crippen LogP contribution in [-0.4, -0.2) is 28.4 Å². The SMILES string of the molecule is O=C(CCn1cnc2ccccc2c1=O)N1CCCc2cc(OC(F)(F)F)ccc21.